The Morgan fingerprint density at radius 2 is 1.62 bits per heavy atom. The molecule has 0 aromatic carbocycles. The third-order valence-corrected chi connectivity index (χ3v) is 5.31. The lowest BCUT2D eigenvalue weighted by Crippen LogP contribution is -2.50. The van der Waals surface area contributed by atoms with Crippen LogP contribution in [0.5, 0.6) is 0 Å². The first kappa shape index (κ1) is 15.1. The summed E-state index contributed by atoms with van der Waals surface area (Å²) in [5, 5.41) is 7.52. The molecule has 1 atom stereocenters. The Labute approximate surface area is 133 Å². The Balaban J connectivity index is 1.47. The summed E-state index contributed by atoms with van der Waals surface area (Å²) in [5.74, 6) is 0.362. The molecule has 5 heteroatoms. The zero-order valence-electron chi connectivity index (χ0n) is 12.8. The Kier molecular flexibility index (Phi) is 4.99. The zero-order chi connectivity index (χ0) is 14.7. The zero-order valence-corrected chi connectivity index (χ0v) is 13.6. The molecule has 2 N–H and O–H groups in total. The van der Waals surface area contributed by atoms with Gasteiger partial charge in [0, 0.05) is 25.2 Å². The molecule has 0 aromatic heterocycles. The molecule has 0 radical (unpaired) electrons. The average molecular weight is 309 g/mol. The van der Waals surface area contributed by atoms with Crippen molar-refractivity contribution in [2.24, 2.45) is 5.92 Å². The number of carbonyl (C=O) groups is 1. The van der Waals surface area contributed by atoms with E-state index in [-0.39, 0.29) is 11.8 Å². The number of thiocarbonyl (C=S) groups is 1. The van der Waals surface area contributed by atoms with Crippen molar-refractivity contribution in [2.45, 2.75) is 69.9 Å². The highest BCUT2D eigenvalue weighted by Gasteiger charge is 2.30. The largest absolute Gasteiger partial charge is 0.360 e. The number of carbonyl (C=O) groups excluding carboxylic acids is 1. The molecule has 1 unspecified atom stereocenters. The number of likely N-dealkylation sites (tertiary alicyclic amines) is 1. The monoisotopic (exact) mass is 309 g/mol. The van der Waals surface area contributed by atoms with Gasteiger partial charge in [0.1, 0.15) is 0 Å². The van der Waals surface area contributed by atoms with Crippen LogP contribution in [0.2, 0.25) is 0 Å². The standard InChI is InChI=1S/C16H27N3OS/c20-15(17-13-6-2-1-3-7-13)12-5-4-10-19(11-12)16(21)18-14-8-9-14/h12-14H,1-11H2,(H,17,20)(H,18,21). The lowest BCUT2D eigenvalue weighted by atomic mass is 9.93. The molecule has 0 bridgehead atoms. The molecule has 4 nitrogen and oxygen atoms in total. The SMILES string of the molecule is O=C(NC1CCCCC1)C1CCCN(C(=S)NC2CC2)C1. The first-order chi connectivity index (χ1) is 10.2. The highest BCUT2D eigenvalue weighted by molar-refractivity contribution is 7.80. The van der Waals surface area contributed by atoms with Crippen LogP contribution in [0.15, 0.2) is 0 Å². The van der Waals surface area contributed by atoms with Crippen LogP contribution < -0.4 is 10.6 Å². The second-order valence-electron chi connectivity index (χ2n) is 6.85. The van der Waals surface area contributed by atoms with Crippen molar-refractivity contribution in [1.82, 2.24) is 15.5 Å². The fourth-order valence-electron chi connectivity index (χ4n) is 3.44. The Bertz CT molecular complexity index is 391. The van der Waals surface area contributed by atoms with Crippen molar-refractivity contribution in [2.75, 3.05) is 13.1 Å². The minimum absolute atomic E-state index is 0.111. The minimum Gasteiger partial charge on any atom is -0.360 e. The molecule has 1 amide bonds. The highest BCUT2D eigenvalue weighted by Crippen LogP contribution is 2.22. The number of amides is 1. The van der Waals surface area contributed by atoms with Crippen LogP contribution in [0.4, 0.5) is 0 Å². The van der Waals surface area contributed by atoms with Crippen LogP contribution in [-0.2, 0) is 4.79 Å². The fraction of sp³-hybridized carbons (Fsp3) is 0.875. The number of hydrogen-bond acceptors (Lipinski definition) is 2. The lowest BCUT2D eigenvalue weighted by molar-refractivity contribution is -0.127. The highest BCUT2D eigenvalue weighted by atomic mass is 32.1. The first-order valence-electron chi connectivity index (χ1n) is 8.58. The number of nitrogens with one attached hydrogen (secondary N) is 2. The molecule has 2 saturated carbocycles. The van der Waals surface area contributed by atoms with E-state index in [1.54, 1.807) is 0 Å². The molecule has 0 aromatic rings. The Hall–Kier alpha value is -0.840. The van der Waals surface area contributed by atoms with Crippen molar-refractivity contribution in [3.8, 4) is 0 Å². The van der Waals surface area contributed by atoms with E-state index in [1.165, 1.54) is 32.1 Å². The van der Waals surface area contributed by atoms with E-state index in [2.05, 4.69) is 15.5 Å². The van der Waals surface area contributed by atoms with Gasteiger partial charge in [0.15, 0.2) is 5.11 Å². The molecule has 1 aliphatic heterocycles. The predicted octanol–water partition coefficient (Wildman–Crippen LogP) is 2.18. The third kappa shape index (κ3) is 4.31. The van der Waals surface area contributed by atoms with Crippen molar-refractivity contribution in [3.63, 3.8) is 0 Å². The van der Waals surface area contributed by atoms with E-state index in [0.717, 1.165) is 43.9 Å². The summed E-state index contributed by atoms with van der Waals surface area (Å²) in [5.41, 5.74) is 0. The smallest absolute Gasteiger partial charge is 0.225 e. The van der Waals surface area contributed by atoms with Gasteiger partial charge in [0.25, 0.3) is 0 Å². The van der Waals surface area contributed by atoms with Crippen molar-refractivity contribution in [3.05, 3.63) is 0 Å². The average Bonchev–Trinajstić information content (AvgIpc) is 3.32. The minimum atomic E-state index is 0.111. The molecule has 1 saturated heterocycles. The van der Waals surface area contributed by atoms with Gasteiger partial charge in [-0.05, 0) is 50.7 Å². The second kappa shape index (κ2) is 6.95. The maximum absolute atomic E-state index is 12.5. The molecular weight excluding hydrogens is 282 g/mol. The molecule has 3 fully saturated rings. The van der Waals surface area contributed by atoms with E-state index >= 15 is 0 Å². The summed E-state index contributed by atoms with van der Waals surface area (Å²) in [7, 11) is 0. The van der Waals surface area contributed by atoms with E-state index in [1.807, 2.05) is 0 Å². The summed E-state index contributed by atoms with van der Waals surface area (Å²) < 4.78 is 0. The second-order valence-corrected chi connectivity index (χ2v) is 7.24. The topological polar surface area (TPSA) is 44.4 Å². The molecule has 1 heterocycles. The number of hydrogen-bond donors (Lipinski definition) is 2. The number of nitrogens with zero attached hydrogens (tertiary/aromatic N) is 1. The van der Waals surface area contributed by atoms with Crippen molar-refractivity contribution < 1.29 is 4.79 Å². The number of piperidine rings is 1. The van der Waals surface area contributed by atoms with E-state index in [0.29, 0.717) is 12.1 Å². The lowest BCUT2D eigenvalue weighted by Gasteiger charge is -2.35. The Morgan fingerprint density at radius 3 is 2.33 bits per heavy atom. The van der Waals surface area contributed by atoms with Crippen LogP contribution >= 0.6 is 12.2 Å². The quantitative estimate of drug-likeness (QED) is 0.785. The predicted molar refractivity (Wildman–Crippen MR) is 88.1 cm³/mol. The maximum atomic E-state index is 12.5. The van der Waals surface area contributed by atoms with Crippen molar-refractivity contribution >= 4 is 23.2 Å². The van der Waals surface area contributed by atoms with Gasteiger partial charge >= 0.3 is 0 Å². The molecule has 21 heavy (non-hydrogen) atoms. The van der Waals surface area contributed by atoms with Crippen LogP contribution in [0.3, 0.4) is 0 Å². The van der Waals surface area contributed by atoms with Crippen LogP contribution in [-0.4, -0.2) is 41.1 Å². The summed E-state index contributed by atoms with van der Waals surface area (Å²) in [6.07, 6.45) is 10.7. The maximum Gasteiger partial charge on any atom is 0.225 e. The third-order valence-electron chi connectivity index (χ3n) is 4.94. The van der Waals surface area contributed by atoms with Gasteiger partial charge in [-0.25, -0.2) is 0 Å². The molecule has 2 aliphatic carbocycles. The van der Waals surface area contributed by atoms with Gasteiger partial charge in [-0.15, -0.1) is 0 Å². The molecule has 3 aliphatic rings. The summed E-state index contributed by atoms with van der Waals surface area (Å²) in [4.78, 5) is 14.7. The summed E-state index contributed by atoms with van der Waals surface area (Å²) in [6.45, 7) is 1.78. The van der Waals surface area contributed by atoms with Crippen LogP contribution in [0.1, 0.15) is 57.8 Å². The van der Waals surface area contributed by atoms with Gasteiger partial charge < -0.3 is 15.5 Å². The molecule has 118 valence electrons. The molecular formula is C16H27N3OS. The normalized spacial score (nSPS) is 27.2. The van der Waals surface area contributed by atoms with Crippen LogP contribution in [0.25, 0.3) is 0 Å². The van der Waals surface area contributed by atoms with E-state index in [9.17, 15) is 4.79 Å². The first-order valence-corrected chi connectivity index (χ1v) is 8.99. The Morgan fingerprint density at radius 1 is 0.905 bits per heavy atom. The van der Waals surface area contributed by atoms with Gasteiger partial charge in [-0.1, -0.05) is 19.3 Å². The van der Waals surface area contributed by atoms with Crippen molar-refractivity contribution in [1.29, 1.82) is 0 Å². The van der Waals surface area contributed by atoms with Gasteiger partial charge in [-0.2, -0.15) is 0 Å². The van der Waals surface area contributed by atoms with Gasteiger partial charge in [0.05, 0.1) is 5.92 Å². The van der Waals surface area contributed by atoms with Gasteiger partial charge in [-0.3, -0.25) is 4.79 Å². The molecule has 3 rings (SSSR count). The van der Waals surface area contributed by atoms with Crippen LogP contribution in [0, 0.1) is 5.92 Å². The molecule has 0 spiro atoms. The fourth-order valence-corrected chi connectivity index (χ4v) is 3.77. The summed E-state index contributed by atoms with van der Waals surface area (Å²) >= 11 is 5.47. The van der Waals surface area contributed by atoms with E-state index < -0.39 is 0 Å². The number of rotatable bonds is 3. The summed E-state index contributed by atoms with van der Waals surface area (Å²) in [6, 6.07) is 1.01. The van der Waals surface area contributed by atoms with Gasteiger partial charge in [0.2, 0.25) is 5.91 Å². The van der Waals surface area contributed by atoms with E-state index in [4.69, 9.17) is 12.2 Å².